The molecular weight excluding hydrogens is 376 g/mol. The highest BCUT2D eigenvalue weighted by molar-refractivity contribution is 5.99. The van der Waals surface area contributed by atoms with Crippen LogP contribution >= 0.6 is 0 Å². The molecule has 4 aromatic rings. The van der Waals surface area contributed by atoms with E-state index in [4.69, 9.17) is 4.74 Å². The van der Waals surface area contributed by atoms with Crippen LogP contribution in [0.3, 0.4) is 0 Å². The van der Waals surface area contributed by atoms with Gasteiger partial charge in [0.05, 0.1) is 19.1 Å². The number of hydrogen-bond acceptors (Lipinski definition) is 3. The molecule has 30 heavy (non-hydrogen) atoms. The predicted octanol–water partition coefficient (Wildman–Crippen LogP) is 4.30. The lowest BCUT2D eigenvalue weighted by Gasteiger charge is -2.35. The number of carbonyl (C=O) groups excluding carboxylic acids is 1. The van der Waals surface area contributed by atoms with Gasteiger partial charge in [0, 0.05) is 29.6 Å². The summed E-state index contributed by atoms with van der Waals surface area (Å²) in [5.41, 5.74) is 6.95. The summed E-state index contributed by atoms with van der Waals surface area (Å²) in [5, 5.41) is 1.09. The number of nitrogens with one attached hydrogen (secondary N) is 2. The summed E-state index contributed by atoms with van der Waals surface area (Å²) in [5.74, 6) is 0.772. The van der Waals surface area contributed by atoms with E-state index in [0.717, 1.165) is 40.0 Å². The van der Waals surface area contributed by atoms with Crippen LogP contribution in [0.5, 0.6) is 5.75 Å². The summed E-state index contributed by atoms with van der Waals surface area (Å²) in [4.78, 5) is 26.7. The quantitative estimate of drug-likeness (QED) is 0.538. The molecule has 152 valence electrons. The molecule has 2 N–H and O–H groups in total. The molecule has 3 heterocycles. The van der Waals surface area contributed by atoms with Gasteiger partial charge in [-0.3, -0.25) is 4.79 Å². The number of methoxy groups -OCH3 is 1. The van der Waals surface area contributed by atoms with Gasteiger partial charge in [0.1, 0.15) is 17.5 Å². The van der Waals surface area contributed by atoms with Crippen LogP contribution in [0.15, 0.2) is 48.8 Å². The van der Waals surface area contributed by atoms with E-state index in [1.807, 2.05) is 35.2 Å². The Balaban J connectivity index is 1.57. The van der Waals surface area contributed by atoms with E-state index in [2.05, 4.69) is 40.9 Å². The van der Waals surface area contributed by atoms with Crippen LogP contribution in [0.25, 0.3) is 10.9 Å². The zero-order chi connectivity index (χ0) is 20.8. The Morgan fingerprint density at radius 2 is 1.97 bits per heavy atom. The highest BCUT2D eigenvalue weighted by Gasteiger charge is 2.35. The number of rotatable bonds is 3. The molecule has 0 spiro atoms. The Hall–Kier alpha value is -3.54. The number of benzene rings is 2. The topological polar surface area (TPSA) is 74.0 Å². The zero-order valence-electron chi connectivity index (χ0n) is 17.3. The molecule has 0 unspecified atom stereocenters. The van der Waals surface area contributed by atoms with Crippen molar-refractivity contribution in [3.05, 3.63) is 82.6 Å². The molecule has 0 saturated carbocycles. The van der Waals surface area contributed by atoms with Crippen LogP contribution in [-0.2, 0) is 6.42 Å². The van der Waals surface area contributed by atoms with Crippen LogP contribution in [0.1, 0.15) is 44.6 Å². The largest absolute Gasteiger partial charge is 0.497 e. The number of aryl methyl sites for hydroxylation is 2. The fourth-order valence-corrected chi connectivity index (χ4v) is 4.49. The molecule has 0 aliphatic carbocycles. The second kappa shape index (κ2) is 7.06. The van der Waals surface area contributed by atoms with Gasteiger partial charge in [0.25, 0.3) is 5.91 Å². The maximum Gasteiger partial charge on any atom is 0.271 e. The van der Waals surface area contributed by atoms with Gasteiger partial charge in [-0.05, 0) is 54.8 Å². The van der Waals surface area contributed by atoms with Crippen LogP contribution < -0.4 is 4.74 Å². The first-order valence-electron chi connectivity index (χ1n) is 10.1. The second-order valence-electron chi connectivity index (χ2n) is 7.92. The number of hydrogen-bond donors (Lipinski definition) is 2. The van der Waals surface area contributed by atoms with E-state index in [1.54, 1.807) is 13.4 Å². The molecule has 2 aromatic carbocycles. The number of aromatic amines is 2. The molecule has 6 nitrogen and oxygen atoms in total. The Bertz CT molecular complexity index is 1240. The van der Waals surface area contributed by atoms with E-state index in [9.17, 15) is 4.79 Å². The Labute approximate surface area is 174 Å². The molecule has 1 aliphatic heterocycles. The molecule has 1 amide bonds. The molecule has 1 aliphatic rings. The second-order valence-corrected chi connectivity index (χ2v) is 7.92. The minimum Gasteiger partial charge on any atom is -0.497 e. The summed E-state index contributed by atoms with van der Waals surface area (Å²) >= 11 is 0. The number of carbonyl (C=O) groups is 1. The number of amides is 1. The SMILES string of the molecule is COc1ccc([C@@H]2c3nc[nH]c3CCN2C(=O)c2cc3c(C)cc(C)cc3[nH]2)cc1. The molecule has 0 bridgehead atoms. The maximum atomic E-state index is 13.6. The lowest BCUT2D eigenvalue weighted by molar-refractivity contribution is 0.0685. The van der Waals surface area contributed by atoms with Crippen molar-refractivity contribution in [2.45, 2.75) is 26.3 Å². The zero-order valence-corrected chi connectivity index (χ0v) is 17.3. The number of H-pyrrole nitrogens is 2. The van der Waals surface area contributed by atoms with Gasteiger partial charge in [0.15, 0.2) is 0 Å². The predicted molar refractivity (Wildman–Crippen MR) is 116 cm³/mol. The normalized spacial score (nSPS) is 16.0. The monoisotopic (exact) mass is 400 g/mol. The van der Waals surface area contributed by atoms with Gasteiger partial charge in [0.2, 0.25) is 0 Å². The van der Waals surface area contributed by atoms with Crippen molar-refractivity contribution < 1.29 is 9.53 Å². The van der Waals surface area contributed by atoms with E-state index < -0.39 is 0 Å². The average molecular weight is 400 g/mol. The van der Waals surface area contributed by atoms with E-state index >= 15 is 0 Å². The highest BCUT2D eigenvalue weighted by atomic mass is 16.5. The van der Waals surface area contributed by atoms with Crippen LogP contribution in [-0.4, -0.2) is 39.4 Å². The fourth-order valence-electron chi connectivity index (χ4n) is 4.49. The van der Waals surface area contributed by atoms with Crippen LogP contribution in [0, 0.1) is 13.8 Å². The molecule has 5 rings (SSSR count). The number of aromatic nitrogens is 3. The van der Waals surface area contributed by atoms with Crippen LogP contribution in [0.2, 0.25) is 0 Å². The highest BCUT2D eigenvalue weighted by Crippen LogP contribution is 2.35. The first kappa shape index (κ1) is 18.5. The lowest BCUT2D eigenvalue weighted by atomic mass is 9.95. The number of imidazole rings is 1. The first-order valence-corrected chi connectivity index (χ1v) is 10.1. The van der Waals surface area contributed by atoms with Gasteiger partial charge >= 0.3 is 0 Å². The lowest BCUT2D eigenvalue weighted by Crippen LogP contribution is -2.40. The van der Waals surface area contributed by atoms with E-state index in [1.165, 1.54) is 11.1 Å². The maximum absolute atomic E-state index is 13.6. The van der Waals surface area contributed by atoms with Crippen molar-refractivity contribution in [2.75, 3.05) is 13.7 Å². The molecule has 0 fully saturated rings. The van der Waals surface area contributed by atoms with E-state index in [0.29, 0.717) is 12.2 Å². The molecule has 0 saturated heterocycles. The molecule has 1 atom stereocenters. The first-order chi connectivity index (χ1) is 14.5. The number of ether oxygens (including phenoxy) is 1. The van der Waals surface area contributed by atoms with Gasteiger partial charge in [-0.15, -0.1) is 0 Å². The molecule has 0 radical (unpaired) electrons. The van der Waals surface area contributed by atoms with Gasteiger partial charge in [-0.1, -0.05) is 18.2 Å². The summed E-state index contributed by atoms with van der Waals surface area (Å²) < 4.78 is 5.30. The van der Waals surface area contributed by atoms with Gasteiger partial charge in [-0.2, -0.15) is 0 Å². The molecule has 6 heteroatoms. The fraction of sp³-hybridized carbons (Fsp3) is 0.250. The van der Waals surface area contributed by atoms with Crippen molar-refractivity contribution >= 4 is 16.8 Å². The van der Waals surface area contributed by atoms with Crippen molar-refractivity contribution in [1.82, 2.24) is 19.9 Å². The Kier molecular flexibility index (Phi) is 4.35. The van der Waals surface area contributed by atoms with Crippen molar-refractivity contribution in [3.63, 3.8) is 0 Å². The summed E-state index contributed by atoms with van der Waals surface area (Å²) in [6.07, 6.45) is 2.47. The summed E-state index contributed by atoms with van der Waals surface area (Å²) in [6.45, 7) is 4.77. The third-order valence-corrected chi connectivity index (χ3v) is 5.94. The van der Waals surface area contributed by atoms with Gasteiger partial charge < -0.3 is 19.6 Å². The van der Waals surface area contributed by atoms with Crippen molar-refractivity contribution in [3.8, 4) is 5.75 Å². The summed E-state index contributed by atoms with van der Waals surface area (Å²) in [7, 11) is 1.65. The van der Waals surface area contributed by atoms with E-state index in [-0.39, 0.29) is 11.9 Å². The van der Waals surface area contributed by atoms with Crippen molar-refractivity contribution in [2.24, 2.45) is 0 Å². The minimum absolute atomic E-state index is 0.0160. The van der Waals surface area contributed by atoms with Crippen molar-refractivity contribution in [1.29, 1.82) is 0 Å². The minimum atomic E-state index is -0.243. The standard InChI is InChI=1S/C24H24N4O2/c1-14-10-15(2)18-12-21(27-20(18)11-14)24(29)28-9-8-19-22(26-13-25-19)23(28)16-4-6-17(30-3)7-5-16/h4-7,10-13,23,27H,8-9H2,1-3H3,(H,25,26)/t23-/m1/s1. The third-order valence-electron chi connectivity index (χ3n) is 5.94. The molecular formula is C24H24N4O2. The summed E-state index contributed by atoms with van der Waals surface area (Å²) in [6, 6.07) is 13.8. The smallest absolute Gasteiger partial charge is 0.271 e. The number of fused-ring (bicyclic) bond motifs is 2. The Morgan fingerprint density at radius 1 is 1.17 bits per heavy atom. The third kappa shape index (κ3) is 2.96. The Morgan fingerprint density at radius 3 is 2.73 bits per heavy atom. The van der Waals surface area contributed by atoms with Crippen LogP contribution in [0.4, 0.5) is 0 Å². The number of nitrogens with zero attached hydrogens (tertiary/aromatic N) is 2. The average Bonchev–Trinajstić information content (AvgIpc) is 3.39. The molecule has 2 aromatic heterocycles. The van der Waals surface area contributed by atoms with Gasteiger partial charge in [-0.25, -0.2) is 4.98 Å².